The molecule has 2 heterocycles. The van der Waals surface area contributed by atoms with Crippen LogP contribution in [-0.2, 0) is 38.0 Å². The van der Waals surface area contributed by atoms with E-state index in [1.54, 1.807) is 0 Å². The molecular formula is C36H34F9N3O5S. The molecule has 18 heteroatoms. The maximum atomic E-state index is 14.6. The quantitative estimate of drug-likeness (QED) is 0.134. The van der Waals surface area contributed by atoms with E-state index in [1.807, 2.05) is 0 Å². The molecule has 2 atom stereocenters. The minimum Gasteiger partial charge on any atom is -0.349 e. The summed E-state index contributed by atoms with van der Waals surface area (Å²) in [5.74, 6) is -5.01. The summed E-state index contributed by atoms with van der Waals surface area (Å²) in [6.07, 6.45) is -11.1. The van der Waals surface area contributed by atoms with Crippen LogP contribution in [0.25, 0.3) is 0 Å². The maximum absolute atomic E-state index is 14.6. The van der Waals surface area contributed by atoms with E-state index in [9.17, 15) is 57.5 Å². The summed E-state index contributed by atoms with van der Waals surface area (Å²) in [4.78, 5) is 29.2. The van der Waals surface area contributed by atoms with Crippen LogP contribution >= 0.6 is 0 Å². The van der Waals surface area contributed by atoms with Gasteiger partial charge < -0.3 is 19.4 Å². The van der Waals surface area contributed by atoms with Crippen molar-refractivity contribution in [1.29, 1.82) is 0 Å². The molecule has 0 spiro atoms. The molecule has 0 N–H and O–H groups in total. The molecule has 2 saturated heterocycles. The zero-order valence-electron chi connectivity index (χ0n) is 28.6. The van der Waals surface area contributed by atoms with Crippen LogP contribution in [0.15, 0.2) is 78.2 Å². The SMILES string of the molecule is C=CCc1cc(S(=O)(=O)[C@@H]2CN(C(=O)N3CCN(C(C)=O)CC3)C[C@H]2c2ccc(C(OCc3c(F)cccc3F)(C(F)(F)F)C(F)(F)F)cc2)ccc1F. The fourth-order valence-corrected chi connectivity index (χ4v) is 8.71. The van der Waals surface area contributed by atoms with Gasteiger partial charge in [0.2, 0.25) is 5.91 Å². The minimum atomic E-state index is -6.21. The fraction of sp³-hybridized carbons (Fsp3) is 0.389. The first kappa shape index (κ1) is 40.6. The Balaban J connectivity index is 1.54. The Morgan fingerprint density at radius 3 is 1.93 bits per heavy atom. The fourth-order valence-electron chi connectivity index (χ4n) is 6.74. The molecule has 54 heavy (non-hydrogen) atoms. The van der Waals surface area contributed by atoms with Crippen LogP contribution in [0.5, 0.6) is 0 Å². The lowest BCUT2D eigenvalue weighted by molar-refractivity contribution is -0.392. The van der Waals surface area contributed by atoms with E-state index < -0.39 is 86.7 Å². The molecule has 3 aromatic rings. The van der Waals surface area contributed by atoms with Crippen molar-refractivity contribution in [3.05, 3.63) is 113 Å². The molecule has 0 bridgehead atoms. The Kier molecular flexibility index (Phi) is 11.5. The number of benzene rings is 3. The van der Waals surface area contributed by atoms with Crippen molar-refractivity contribution >= 4 is 21.8 Å². The van der Waals surface area contributed by atoms with Crippen molar-refractivity contribution in [2.45, 2.75) is 54.0 Å². The normalized spacial score (nSPS) is 18.6. The number of hydrogen-bond acceptors (Lipinski definition) is 5. The number of allylic oxidation sites excluding steroid dienone is 1. The Hall–Kier alpha value is -4.58. The molecule has 2 aliphatic rings. The first-order chi connectivity index (χ1) is 25.2. The van der Waals surface area contributed by atoms with Gasteiger partial charge in [-0.1, -0.05) is 36.4 Å². The molecule has 0 radical (unpaired) electrons. The third-order valence-electron chi connectivity index (χ3n) is 9.68. The monoisotopic (exact) mass is 791 g/mol. The van der Waals surface area contributed by atoms with Crippen LogP contribution in [0.2, 0.25) is 0 Å². The van der Waals surface area contributed by atoms with Gasteiger partial charge in [-0.05, 0) is 47.9 Å². The highest BCUT2D eigenvalue weighted by molar-refractivity contribution is 7.92. The topological polar surface area (TPSA) is 87.2 Å². The zero-order chi connectivity index (χ0) is 39.8. The summed E-state index contributed by atoms with van der Waals surface area (Å²) in [5.41, 5.74) is -7.82. The Morgan fingerprint density at radius 1 is 0.815 bits per heavy atom. The Bertz CT molecular complexity index is 1960. The molecule has 0 unspecified atom stereocenters. The van der Waals surface area contributed by atoms with Crippen LogP contribution in [-0.4, -0.2) is 91.9 Å². The number of sulfone groups is 1. The van der Waals surface area contributed by atoms with E-state index in [4.69, 9.17) is 0 Å². The summed E-state index contributed by atoms with van der Waals surface area (Å²) in [5, 5.41) is -1.50. The molecule has 3 aromatic carbocycles. The molecular weight excluding hydrogens is 757 g/mol. The number of nitrogens with zero attached hydrogens (tertiary/aromatic N) is 3. The van der Waals surface area contributed by atoms with Crippen molar-refractivity contribution in [3.63, 3.8) is 0 Å². The van der Waals surface area contributed by atoms with Crippen molar-refractivity contribution in [3.8, 4) is 0 Å². The van der Waals surface area contributed by atoms with Crippen LogP contribution in [0.1, 0.15) is 35.1 Å². The van der Waals surface area contributed by atoms with Gasteiger partial charge >= 0.3 is 18.4 Å². The lowest BCUT2D eigenvalue weighted by Gasteiger charge is -2.37. The van der Waals surface area contributed by atoms with Gasteiger partial charge in [-0.15, -0.1) is 6.58 Å². The van der Waals surface area contributed by atoms with E-state index in [1.165, 1.54) is 27.7 Å². The summed E-state index contributed by atoms with van der Waals surface area (Å²) < 4.78 is 163. The minimum absolute atomic E-state index is 0.00726. The van der Waals surface area contributed by atoms with E-state index in [2.05, 4.69) is 11.3 Å². The third kappa shape index (κ3) is 7.67. The van der Waals surface area contributed by atoms with E-state index >= 15 is 0 Å². The van der Waals surface area contributed by atoms with E-state index in [0.29, 0.717) is 24.3 Å². The van der Waals surface area contributed by atoms with Gasteiger partial charge in [0, 0.05) is 63.2 Å². The van der Waals surface area contributed by atoms with Crippen molar-refractivity contribution < 1.29 is 62.3 Å². The summed E-state index contributed by atoms with van der Waals surface area (Å²) in [6, 6.07) is 7.12. The van der Waals surface area contributed by atoms with Gasteiger partial charge in [0.15, 0.2) is 9.84 Å². The molecule has 2 fully saturated rings. The van der Waals surface area contributed by atoms with Crippen molar-refractivity contribution in [1.82, 2.24) is 14.7 Å². The van der Waals surface area contributed by atoms with Gasteiger partial charge in [-0.3, -0.25) is 4.79 Å². The van der Waals surface area contributed by atoms with Gasteiger partial charge in [-0.2, -0.15) is 26.3 Å². The first-order valence-corrected chi connectivity index (χ1v) is 18.0. The molecule has 0 aromatic heterocycles. The highest BCUT2D eigenvalue weighted by Crippen LogP contribution is 2.53. The highest BCUT2D eigenvalue weighted by atomic mass is 32.2. The smallest absolute Gasteiger partial charge is 0.349 e. The number of carbonyl (C=O) groups excluding carboxylic acids is 2. The summed E-state index contributed by atoms with van der Waals surface area (Å²) >= 11 is 0. The second-order valence-corrected chi connectivity index (χ2v) is 15.1. The highest BCUT2D eigenvalue weighted by Gasteiger charge is 2.73. The molecule has 292 valence electrons. The number of ether oxygens (including phenoxy) is 1. The number of carbonyl (C=O) groups is 2. The molecule has 8 nitrogen and oxygen atoms in total. The zero-order valence-corrected chi connectivity index (χ0v) is 29.4. The maximum Gasteiger partial charge on any atom is 0.430 e. The number of amides is 3. The number of likely N-dealkylation sites (tertiary alicyclic amines) is 1. The predicted octanol–water partition coefficient (Wildman–Crippen LogP) is 6.89. The number of hydrogen-bond donors (Lipinski definition) is 0. The first-order valence-electron chi connectivity index (χ1n) is 16.5. The van der Waals surface area contributed by atoms with Gasteiger partial charge in [-0.25, -0.2) is 26.4 Å². The summed E-state index contributed by atoms with van der Waals surface area (Å²) in [7, 11) is -4.47. The molecule has 0 saturated carbocycles. The van der Waals surface area contributed by atoms with Gasteiger partial charge in [0.1, 0.15) is 17.5 Å². The van der Waals surface area contributed by atoms with E-state index in [-0.39, 0.29) is 61.1 Å². The predicted molar refractivity (Wildman–Crippen MR) is 176 cm³/mol. The van der Waals surface area contributed by atoms with E-state index in [0.717, 1.165) is 36.4 Å². The average Bonchev–Trinajstić information content (AvgIpc) is 3.56. The van der Waals surface area contributed by atoms with Crippen LogP contribution in [0.3, 0.4) is 0 Å². The molecule has 3 amide bonds. The summed E-state index contributed by atoms with van der Waals surface area (Å²) in [6.45, 7) is 2.99. The average molecular weight is 792 g/mol. The Labute approximate surface area is 304 Å². The largest absolute Gasteiger partial charge is 0.430 e. The van der Waals surface area contributed by atoms with Crippen LogP contribution in [0.4, 0.5) is 44.3 Å². The standard InChI is InChI=1S/C36H34F9N3O5S/c1-3-5-24-18-26(12-13-29(24)37)54(51,52)32-20-48(33(50)47-16-14-46(15-17-47)22(2)49)19-27(32)23-8-10-25(11-9-23)34(35(40,41)42,36(43,44)45)53-21-28-30(38)6-4-7-31(28)39/h3-4,6-13,18,27,32H,1,5,14-17,19-21H2,2H3/t27-,32+/m0/s1. The lowest BCUT2D eigenvalue weighted by Crippen LogP contribution is -2.55. The number of halogens is 9. The molecule has 5 rings (SSSR count). The Morgan fingerprint density at radius 2 is 1.39 bits per heavy atom. The number of urea groups is 1. The van der Waals surface area contributed by atoms with Crippen molar-refractivity contribution in [2.75, 3.05) is 39.3 Å². The van der Waals surface area contributed by atoms with Crippen LogP contribution in [0, 0.1) is 17.5 Å². The second-order valence-electron chi connectivity index (χ2n) is 12.9. The third-order valence-corrected chi connectivity index (χ3v) is 11.9. The number of alkyl halides is 6. The lowest BCUT2D eigenvalue weighted by atomic mass is 9.88. The number of rotatable bonds is 9. The second kappa shape index (κ2) is 15.3. The van der Waals surface area contributed by atoms with Crippen molar-refractivity contribution in [2.24, 2.45) is 0 Å². The molecule has 2 aliphatic heterocycles. The number of piperazine rings is 1. The molecule has 0 aliphatic carbocycles. The van der Waals surface area contributed by atoms with Crippen LogP contribution < -0.4 is 0 Å². The van der Waals surface area contributed by atoms with Gasteiger partial charge in [0.25, 0.3) is 5.60 Å². The van der Waals surface area contributed by atoms with Gasteiger partial charge in [0.05, 0.1) is 16.8 Å².